The average Bonchev–Trinajstić information content (AvgIpc) is 2.08. The first-order valence-electron chi connectivity index (χ1n) is 3.70. The molecule has 0 saturated carbocycles. The molecule has 1 heterocycles. The number of nitrogens with zero attached hydrogens (tertiary/aromatic N) is 1. The Labute approximate surface area is 84.1 Å². The molecule has 70 valence electrons. The SMILES string of the molecule is C[C@H](Nc1ccncc1Br)C(=O)O. The van der Waals surface area contributed by atoms with Crippen molar-refractivity contribution < 1.29 is 9.90 Å². The van der Waals surface area contributed by atoms with Gasteiger partial charge in [-0.25, -0.2) is 0 Å². The second-order valence-corrected chi connectivity index (χ2v) is 3.41. The van der Waals surface area contributed by atoms with Gasteiger partial charge in [0.25, 0.3) is 0 Å². The summed E-state index contributed by atoms with van der Waals surface area (Å²) in [7, 11) is 0. The Morgan fingerprint density at radius 3 is 3.00 bits per heavy atom. The van der Waals surface area contributed by atoms with Crippen LogP contribution >= 0.6 is 15.9 Å². The summed E-state index contributed by atoms with van der Waals surface area (Å²) >= 11 is 3.26. The smallest absolute Gasteiger partial charge is 0.325 e. The number of carboxylic acids is 1. The first-order chi connectivity index (χ1) is 6.11. The molecular weight excluding hydrogens is 236 g/mol. The molecule has 0 fully saturated rings. The van der Waals surface area contributed by atoms with Crippen molar-refractivity contribution >= 4 is 27.6 Å². The van der Waals surface area contributed by atoms with Gasteiger partial charge in [-0.2, -0.15) is 0 Å². The van der Waals surface area contributed by atoms with Crippen LogP contribution in [0, 0.1) is 0 Å². The summed E-state index contributed by atoms with van der Waals surface area (Å²) in [5, 5.41) is 11.5. The largest absolute Gasteiger partial charge is 0.480 e. The van der Waals surface area contributed by atoms with Gasteiger partial charge in [0, 0.05) is 12.4 Å². The van der Waals surface area contributed by atoms with Gasteiger partial charge in [0.15, 0.2) is 0 Å². The maximum atomic E-state index is 10.5. The molecule has 0 saturated heterocycles. The second-order valence-electron chi connectivity index (χ2n) is 2.56. The fourth-order valence-electron chi connectivity index (χ4n) is 0.787. The minimum absolute atomic E-state index is 0.612. The van der Waals surface area contributed by atoms with Crippen molar-refractivity contribution in [1.82, 2.24) is 4.98 Å². The van der Waals surface area contributed by atoms with Gasteiger partial charge >= 0.3 is 5.97 Å². The van der Waals surface area contributed by atoms with Gasteiger partial charge in [-0.1, -0.05) is 0 Å². The average molecular weight is 245 g/mol. The van der Waals surface area contributed by atoms with Crippen LogP contribution in [0.2, 0.25) is 0 Å². The minimum atomic E-state index is -0.885. The first kappa shape index (κ1) is 9.98. The summed E-state index contributed by atoms with van der Waals surface area (Å²) in [6, 6.07) is 1.10. The third kappa shape index (κ3) is 2.69. The summed E-state index contributed by atoms with van der Waals surface area (Å²) in [4.78, 5) is 14.4. The van der Waals surface area contributed by atoms with Crippen LogP contribution in [0.25, 0.3) is 0 Å². The highest BCUT2D eigenvalue weighted by atomic mass is 79.9. The van der Waals surface area contributed by atoms with Crippen LogP contribution < -0.4 is 5.32 Å². The second kappa shape index (κ2) is 4.23. The molecule has 0 unspecified atom stereocenters. The Bertz CT molecular complexity index is 317. The Morgan fingerprint density at radius 1 is 1.77 bits per heavy atom. The number of aromatic nitrogens is 1. The van der Waals surface area contributed by atoms with Crippen LogP contribution in [0.15, 0.2) is 22.9 Å². The molecule has 0 aromatic carbocycles. The van der Waals surface area contributed by atoms with Gasteiger partial charge in [0.1, 0.15) is 6.04 Å². The van der Waals surface area contributed by atoms with Gasteiger partial charge in [-0.15, -0.1) is 0 Å². The van der Waals surface area contributed by atoms with Crippen molar-refractivity contribution in [2.24, 2.45) is 0 Å². The van der Waals surface area contributed by atoms with E-state index in [9.17, 15) is 4.79 Å². The predicted octanol–water partition coefficient (Wildman–Crippen LogP) is 1.73. The molecule has 0 aliphatic heterocycles. The molecule has 0 aliphatic rings. The zero-order valence-electron chi connectivity index (χ0n) is 6.99. The van der Waals surface area contributed by atoms with Gasteiger partial charge in [-0.05, 0) is 28.9 Å². The quantitative estimate of drug-likeness (QED) is 0.851. The lowest BCUT2D eigenvalue weighted by Crippen LogP contribution is -2.25. The number of hydrogen-bond acceptors (Lipinski definition) is 3. The topological polar surface area (TPSA) is 62.2 Å². The number of hydrogen-bond donors (Lipinski definition) is 2. The molecule has 4 nitrogen and oxygen atoms in total. The Hall–Kier alpha value is -1.10. The minimum Gasteiger partial charge on any atom is -0.480 e. The maximum Gasteiger partial charge on any atom is 0.325 e. The number of carbonyl (C=O) groups is 1. The summed E-state index contributed by atoms with van der Waals surface area (Å²) in [5.41, 5.74) is 0.727. The fourth-order valence-corrected chi connectivity index (χ4v) is 1.15. The lowest BCUT2D eigenvalue weighted by molar-refractivity contribution is -0.137. The molecule has 1 aromatic rings. The standard InChI is InChI=1S/C8H9BrN2O2/c1-5(8(12)13)11-7-2-3-10-4-6(7)9/h2-5H,1H3,(H,10,11)(H,12,13)/t5-/m0/s1. The van der Waals surface area contributed by atoms with Crippen LogP contribution in [-0.4, -0.2) is 22.1 Å². The highest BCUT2D eigenvalue weighted by Gasteiger charge is 2.11. The molecule has 0 spiro atoms. The lowest BCUT2D eigenvalue weighted by atomic mass is 10.3. The molecular formula is C8H9BrN2O2. The number of anilines is 1. The van der Waals surface area contributed by atoms with E-state index in [1.165, 1.54) is 0 Å². The predicted molar refractivity (Wildman–Crippen MR) is 52.7 cm³/mol. The van der Waals surface area contributed by atoms with E-state index in [1.807, 2.05) is 0 Å². The van der Waals surface area contributed by atoms with E-state index in [2.05, 4.69) is 26.2 Å². The first-order valence-corrected chi connectivity index (χ1v) is 4.49. The number of halogens is 1. The molecule has 1 atom stereocenters. The van der Waals surface area contributed by atoms with Crippen molar-refractivity contribution in [3.8, 4) is 0 Å². The van der Waals surface area contributed by atoms with Crippen LogP contribution in [-0.2, 0) is 4.79 Å². The van der Waals surface area contributed by atoms with Crippen LogP contribution in [0.3, 0.4) is 0 Å². The third-order valence-corrected chi connectivity index (χ3v) is 2.15. The number of aliphatic carboxylic acids is 1. The highest BCUT2D eigenvalue weighted by molar-refractivity contribution is 9.10. The summed E-state index contributed by atoms with van der Waals surface area (Å²) < 4.78 is 0.753. The highest BCUT2D eigenvalue weighted by Crippen LogP contribution is 2.20. The number of carboxylic acid groups (broad SMARTS) is 1. The lowest BCUT2D eigenvalue weighted by Gasteiger charge is -2.11. The van der Waals surface area contributed by atoms with Crippen LogP contribution in [0.5, 0.6) is 0 Å². The fraction of sp³-hybridized carbons (Fsp3) is 0.250. The molecule has 1 aromatic heterocycles. The zero-order chi connectivity index (χ0) is 9.84. The molecule has 0 amide bonds. The van der Waals surface area contributed by atoms with Crippen molar-refractivity contribution in [2.45, 2.75) is 13.0 Å². The number of rotatable bonds is 3. The molecule has 2 N–H and O–H groups in total. The normalized spacial score (nSPS) is 12.2. The van der Waals surface area contributed by atoms with E-state index in [0.717, 1.165) is 10.2 Å². The summed E-state index contributed by atoms with van der Waals surface area (Å²) in [5.74, 6) is -0.885. The number of pyridine rings is 1. The maximum absolute atomic E-state index is 10.5. The summed E-state index contributed by atoms with van der Waals surface area (Å²) in [6.07, 6.45) is 3.21. The van der Waals surface area contributed by atoms with E-state index < -0.39 is 12.0 Å². The Balaban J connectivity index is 2.74. The van der Waals surface area contributed by atoms with Crippen molar-refractivity contribution in [1.29, 1.82) is 0 Å². The van der Waals surface area contributed by atoms with Gasteiger partial charge in [-0.3, -0.25) is 9.78 Å². The van der Waals surface area contributed by atoms with E-state index in [0.29, 0.717) is 0 Å². The monoisotopic (exact) mass is 244 g/mol. The molecule has 0 radical (unpaired) electrons. The van der Waals surface area contributed by atoms with E-state index in [4.69, 9.17) is 5.11 Å². The Morgan fingerprint density at radius 2 is 2.46 bits per heavy atom. The Kier molecular flexibility index (Phi) is 3.25. The van der Waals surface area contributed by atoms with Crippen molar-refractivity contribution in [3.63, 3.8) is 0 Å². The van der Waals surface area contributed by atoms with Crippen molar-refractivity contribution in [3.05, 3.63) is 22.9 Å². The van der Waals surface area contributed by atoms with Crippen LogP contribution in [0.4, 0.5) is 5.69 Å². The van der Waals surface area contributed by atoms with Crippen LogP contribution in [0.1, 0.15) is 6.92 Å². The number of nitrogens with one attached hydrogen (secondary N) is 1. The van der Waals surface area contributed by atoms with E-state index in [-0.39, 0.29) is 0 Å². The zero-order valence-corrected chi connectivity index (χ0v) is 8.58. The van der Waals surface area contributed by atoms with E-state index >= 15 is 0 Å². The third-order valence-electron chi connectivity index (χ3n) is 1.51. The molecule has 1 rings (SSSR count). The summed E-state index contributed by atoms with van der Waals surface area (Å²) in [6.45, 7) is 1.58. The molecule has 0 bridgehead atoms. The van der Waals surface area contributed by atoms with Gasteiger partial charge < -0.3 is 10.4 Å². The van der Waals surface area contributed by atoms with Gasteiger partial charge in [0.2, 0.25) is 0 Å². The molecule has 13 heavy (non-hydrogen) atoms. The van der Waals surface area contributed by atoms with Crippen molar-refractivity contribution in [2.75, 3.05) is 5.32 Å². The molecule has 5 heteroatoms. The van der Waals surface area contributed by atoms with Gasteiger partial charge in [0.05, 0.1) is 10.2 Å². The van der Waals surface area contributed by atoms with E-state index in [1.54, 1.807) is 25.4 Å². The molecule has 0 aliphatic carbocycles.